The number of nitrogens with one attached hydrogen (secondary N) is 1. The smallest absolute Gasteiger partial charge is 0.224 e. The van der Waals surface area contributed by atoms with Crippen LogP contribution in [0.3, 0.4) is 0 Å². The van der Waals surface area contributed by atoms with Gasteiger partial charge in [0.2, 0.25) is 5.91 Å². The number of likely N-dealkylation sites (N-methyl/N-ethyl adjacent to an activating group) is 1. The first kappa shape index (κ1) is 16.7. The van der Waals surface area contributed by atoms with Gasteiger partial charge in [0, 0.05) is 44.5 Å². The second-order valence-corrected chi connectivity index (χ2v) is 6.50. The number of rotatable bonds is 7. The highest BCUT2D eigenvalue weighted by molar-refractivity contribution is 5.91. The van der Waals surface area contributed by atoms with Gasteiger partial charge in [-0.15, -0.1) is 12.3 Å². The first-order valence-corrected chi connectivity index (χ1v) is 8.66. The number of fused-ring (bicyclic) bond motifs is 1. The molecule has 5 nitrogen and oxygen atoms in total. The summed E-state index contributed by atoms with van der Waals surface area (Å²) in [5, 5.41) is 11.2. The number of hydrogen-bond acceptors (Lipinski definition) is 4. The average molecular weight is 324 g/mol. The maximum atomic E-state index is 12.3. The molecule has 24 heavy (non-hydrogen) atoms. The van der Waals surface area contributed by atoms with Crippen LogP contribution in [0.15, 0.2) is 28.4 Å². The minimum atomic E-state index is -0.387. The van der Waals surface area contributed by atoms with E-state index < -0.39 is 0 Å². The van der Waals surface area contributed by atoms with Gasteiger partial charge >= 0.3 is 0 Å². The van der Waals surface area contributed by atoms with Gasteiger partial charge in [0.15, 0.2) is 5.66 Å². The van der Waals surface area contributed by atoms with E-state index in [2.05, 4.69) is 39.4 Å². The van der Waals surface area contributed by atoms with Crippen LogP contribution in [0, 0.1) is 12.3 Å². The Labute approximate surface area is 143 Å². The fraction of sp³-hybridized carbons (Fsp3) is 0.526. The summed E-state index contributed by atoms with van der Waals surface area (Å²) in [6.45, 7) is 5.25. The molecular formula is C19H24N4O. The molecule has 0 saturated heterocycles. The van der Waals surface area contributed by atoms with E-state index in [0.717, 1.165) is 38.2 Å². The molecule has 0 aliphatic carbocycles. The van der Waals surface area contributed by atoms with Crippen molar-refractivity contribution < 1.29 is 4.79 Å². The Balaban J connectivity index is 1.57. The van der Waals surface area contributed by atoms with E-state index in [1.165, 1.54) is 11.1 Å². The number of nitrogens with zero attached hydrogens (tertiary/aromatic N) is 3. The molecule has 2 aliphatic heterocycles. The Bertz CT molecular complexity index is 683. The predicted molar refractivity (Wildman–Crippen MR) is 94.6 cm³/mol. The normalized spacial score (nSPS) is 17.8. The summed E-state index contributed by atoms with van der Waals surface area (Å²) in [6, 6.07) is 6.18. The van der Waals surface area contributed by atoms with Crippen molar-refractivity contribution in [3.63, 3.8) is 0 Å². The standard InChI is InChI=1S/C19H24N4O/c1-3-5-11-19(21-22-19)12-9-18(24)20-17-8-6-7-15-14-23(4-2)13-10-16(15)17/h1,6-8H,4-5,9-14H2,2H3,(H,20,24). The van der Waals surface area contributed by atoms with Gasteiger partial charge in [0.1, 0.15) is 0 Å². The maximum Gasteiger partial charge on any atom is 0.224 e. The lowest BCUT2D eigenvalue weighted by Crippen LogP contribution is -2.31. The fourth-order valence-electron chi connectivity index (χ4n) is 3.25. The monoisotopic (exact) mass is 324 g/mol. The summed E-state index contributed by atoms with van der Waals surface area (Å²) in [4.78, 5) is 14.7. The van der Waals surface area contributed by atoms with Gasteiger partial charge in [0.05, 0.1) is 0 Å². The number of carbonyl (C=O) groups is 1. The second-order valence-electron chi connectivity index (χ2n) is 6.50. The van der Waals surface area contributed by atoms with E-state index in [1.807, 2.05) is 12.1 Å². The number of amides is 1. The summed E-state index contributed by atoms with van der Waals surface area (Å²) in [6.07, 6.45) is 8.72. The molecule has 2 heterocycles. The quantitative estimate of drug-likeness (QED) is 0.782. The topological polar surface area (TPSA) is 57.1 Å². The number of anilines is 1. The van der Waals surface area contributed by atoms with Crippen molar-refractivity contribution in [2.24, 2.45) is 10.2 Å². The van der Waals surface area contributed by atoms with Crippen molar-refractivity contribution in [1.29, 1.82) is 0 Å². The first-order chi connectivity index (χ1) is 11.7. The van der Waals surface area contributed by atoms with E-state index in [1.54, 1.807) is 0 Å². The van der Waals surface area contributed by atoms with E-state index in [4.69, 9.17) is 6.42 Å². The molecule has 3 rings (SSSR count). The van der Waals surface area contributed by atoms with Gasteiger partial charge in [0.25, 0.3) is 0 Å². The summed E-state index contributed by atoms with van der Waals surface area (Å²) in [7, 11) is 0. The summed E-state index contributed by atoms with van der Waals surface area (Å²) in [5.41, 5.74) is 3.16. The lowest BCUT2D eigenvalue weighted by molar-refractivity contribution is -0.116. The molecule has 0 saturated carbocycles. The Morgan fingerprint density at radius 1 is 1.42 bits per heavy atom. The number of carbonyl (C=O) groups excluding carboxylic acids is 1. The molecule has 126 valence electrons. The van der Waals surface area contributed by atoms with Gasteiger partial charge in [-0.1, -0.05) is 19.1 Å². The summed E-state index contributed by atoms with van der Waals surface area (Å²) in [5.74, 6) is 2.64. The number of benzene rings is 1. The molecule has 5 heteroatoms. The second kappa shape index (κ2) is 7.14. The molecule has 0 aromatic heterocycles. The predicted octanol–water partition coefficient (Wildman–Crippen LogP) is 3.36. The van der Waals surface area contributed by atoms with Gasteiger partial charge in [-0.05, 0) is 30.2 Å². The van der Waals surface area contributed by atoms with E-state index in [-0.39, 0.29) is 11.6 Å². The minimum absolute atomic E-state index is 0.0266. The van der Waals surface area contributed by atoms with Crippen LogP contribution in [-0.4, -0.2) is 29.6 Å². The fourth-order valence-corrected chi connectivity index (χ4v) is 3.25. The van der Waals surface area contributed by atoms with Crippen molar-refractivity contribution >= 4 is 11.6 Å². The molecule has 0 fully saturated rings. The van der Waals surface area contributed by atoms with E-state index in [0.29, 0.717) is 19.3 Å². The molecule has 1 amide bonds. The lowest BCUT2D eigenvalue weighted by atomic mass is 9.97. The molecule has 0 unspecified atom stereocenters. The third-order valence-corrected chi connectivity index (χ3v) is 4.87. The Hall–Kier alpha value is -2.19. The molecule has 2 aliphatic rings. The van der Waals surface area contributed by atoms with Gasteiger partial charge in [-0.25, -0.2) is 0 Å². The zero-order chi connectivity index (χ0) is 17.0. The SMILES string of the molecule is C#CCCC1(CCC(=O)Nc2cccc3c2CCN(CC)C3)N=N1. The molecule has 0 radical (unpaired) electrons. The van der Waals surface area contributed by atoms with Crippen LogP contribution in [0.1, 0.15) is 43.7 Å². The average Bonchev–Trinajstić information content (AvgIpc) is 3.38. The van der Waals surface area contributed by atoms with Crippen LogP contribution < -0.4 is 5.32 Å². The van der Waals surface area contributed by atoms with Crippen LogP contribution in [0.4, 0.5) is 5.69 Å². The van der Waals surface area contributed by atoms with Crippen LogP contribution in [0.5, 0.6) is 0 Å². The maximum absolute atomic E-state index is 12.3. The van der Waals surface area contributed by atoms with Crippen molar-refractivity contribution in [2.75, 3.05) is 18.4 Å². The molecule has 0 bridgehead atoms. The van der Waals surface area contributed by atoms with Gasteiger partial charge < -0.3 is 5.32 Å². The molecule has 1 aromatic rings. The summed E-state index contributed by atoms with van der Waals surface area (Å²) < 4.78 is 0. The Morgan fingerprint density at radius 3 is 2.96 bits per heavy atom. The van der Waals surface area contributed by atoms with Crippen molar-refractivity contribution in [2.45, 2.75) is 51.2 Å². The molecule has 0 atom stereocenters. The zero-order valence-electron chi connectivity index (χ0n) is 14.2. The van der Waals surface area contributed by atoms with Crippen LogP contribution in [0.25, 0.3) is 0 Å². The Morgan fingerprint density at radius 2 is 2.25 bits per heavy atom. The molecule has 0 spiro atoms. The van der Waals surface area contributed by atoms with Crippen molar-refractivity contribution in [3.8, 4) is 12.3 Å². The highest BCUT2D eigenvalue weighted by atomic mass is 16.1. The van der Waals surface area contributed by atoms with Crippen molar-refractivity contribution in [1.82, 2.24) is 4.90 Å². The lowest BCUT2D eigenvalue weighted by Gasteiger charge is -2.29. The minimum Gasteiger partial charge on any atom is -0.326 e. The highest BCUT2D eigenvalue weighted by Crippen LogP contribution is 2.37. The zero-order valence-corrected chi connectivity index (χ0v) is 14.2. The van der Waals surface area contributed by atoms with Gasteiger partial charge in [-0.3, -0.25) is 9.69 Å². The molecular weight excluding hydrogens is 300 g/mol. The van der Waals surface area contributed by atoms with Gasteiger partial charge in [-0.2, -0.15) is 10.2 Å². The highest BCUT2D eigenvalue weighted by Gasteiger charge is 2.39. The third-order valence-electron chi connectivity index (χ3n) is 4.87. The Kier molecular flexibility index (Phi) is 4.96. The van der Waals surface area contributed by atoms with Crippen LogP contribution in [-0.2, 0) is 17.8 Å². The summed E-state index contributed by atoms with van der Waals surface area (Å²) >= 11 is 0. The largest absolute Gasteiger partial charge is 0.326 e. The first-order valence-electron chi connectivity index (χ1n) is 8.66. The van der Waals surface area contributed by atoms with Crippen LogP contribution >= 0.6 is 0 Å². The van der Waals surface area contributed by atoms with E-state index >= 15 is 0 Å². The third kappa shape index (κ3) is 3.82. The molecule has 1 N–H and O–H groups in total. The molecule has 1 aromatic carbocycles. The van der Waals surface area contributed by atoms with Crippen molar-refractivity contribution in [3.05, 3.63) is 29.3 Å². The van der Waals surface area contributed by atoms with E-state index in [9.17, 15) is 4.79 Å². The number of hydrogen-bond donors (Lipinski definition) is 1. The number of terminal acetylenes is 1. The van der Waals surface area contributed by atoms with Crippen LogP contribution in [0.2, 0.25) is 0 Å².